The van der Waals surface area contributed by atoms with Crippen molar-refractivity contribution in [3.8, 4) is 0 Å². The predicted octanol–water partition coefficient (Wildman–Crippen LogP) is 2.57. The van der Waals surface area contributed by atoms with Gasteiger partial charge in [0.05, 0.1) is 6.61 Å². The second-order valence-corrected chi connectivity index (χ2v) is 6.80. The van der Waals surface area contributed by atoms with Crippen LogP contribution in [-0.4, -0.2) is 48.7 Å². The number of carbonyl (C=O) groups excluding carboxylic acids is 1. The Hall–Kier alpha value is -0.610. The number of rotatable bonds is 5. The predicted molar refractivity (Wildman–Crippen MR) is 85.3 cm³/mol. The average molecular weight is 296 g/mol. The second-order valence-electron chi connectivity index (χ2n) is 6.80. The molecule has 3 unspecified atom stereocenters. The Labute approximate surface area is 129 Å². The van der Waals surface area contributed by atoms with Crippen LogP contribution in [0.15, 0.2) is 0 Å². The van der Waals surface area contributed by atoms with E-state index in [0.29, 0.717) is 12.6 Å². The summed E-state index contributed by atoms with van der Waals surface area (Å²) in [5.41, 5.74) is -0.437. The fraction of sp³-hybridized carbons (Fsp3) is 0.941. The molecule has 21 heavy (non-hydrogen) atoms. The van der Waals surface area contributed by atoms with Crippen molar-refractivity contribution in [2.45, 2.75) is 70.9 Å². The summed E-state index contributed by atoms with van der Waals surface area (Å²) < 4.78 is 5.34. The summed E-state index contributed by atoms with van der Waals surface area (Å²) in [6.45, 7) is 10.00. The van der Waals surface area contributed by atoms with E-state index in [9.17, 15) is 4.79 Å². The molecule has 1 N–H and O–H groups in total. The van der Waals surface area contributed by atoms with E-state index in [1.54, 1.807) is 0 Å². The van der Waals surface area contributed by atoms with Crippen LogP contribution in [0.5, 0.6) is 0 Å². The lowest BCUT2D eigenvalue weighted by atomic mass is 9.97. The molecule has 0 aromatic heterocycles. The fourth-order valence-corrected chi connectivity index (χ4v) is 4.01. The average Bonchev–Trinajstić information content (AvgIpc) is 2.77. The number of nitrogens with one attached hydrogen (secondary N) is 1. The molecule has 2 aliphatic rings. The molecule has 0 aromatic rings. The summed E-state index contributed by atoms with van der Waals surface area (Å²) in [5.74, 6) is 0.803. The molecule has 1 aliphatic carbocycles. The van der Waals surface area contributed by atoms with Crippen molar-refractivity contribution in [3.05, 3.63) is 0 Å². The highest BCUT2D eigenvalue weighted by Crippen LogP contribution is 2.35. The number of carbonyl (C=O) groups is 1. The molecule has 2 fully saturated rings. The van der Waals surface area contributed by atoms with Crippen LogP contribution in [0.2, 0.25) is 0 Å². The zero-order valence-electron chi connectivity index (χ0n) is 14.0. The van der Waals surface area contributed by atoms with Crippen LogP contribution in [0.3, 0.4) is 0 Å². The highest BCUT2D eigenvalue weighted by atomic mass is 16.5. The molecule has 1 aliphatic heterocycles. The molecule has 0 aromatic carbocycles. The number of hydrogen-bond acceptors (Lipinski definition) is 4. The Balaban J connectivity index is 2.00. The largest absolute Gasteiger partial charge is 0.465 e. The van der Waals surface area contributed by atoms with E-state index >= 15 is 0 Å². The molecular weight excluding hydrogens is 264 g/mol. The van der Waals surface area contributed by atoms with E-state index in [2.05, 4.69) is 24.1 Å². The number of likely N-dealkylation sites (N-methyl/N-ethyl adjacent to an activating group) is 1. The van der Waals surface area contributed by atoms with Crippen LogP contribution < -0.4 is 5.32 Å². The van der Waals surface area contributed by atoms with Crippen LogP contribution in [0.4, 0.5) is 0 Å². The standard InChI is InChI=1S/C17H32N2O2/c1-4-18-17(16(20)21-5-2)10-8-15(13-17)19-11-6-7-14(3)9-12-19/h14-15,18H,4-13H2,1-3H3. The van der Waals surface area contributed by atoms with Gasteiger partial charge in [-0.1, -0.05) is 13.8 Å². The van der Waals surface area contributed by atoms with Crippen molar-refractivity contribution in [1.29, 1.82) is 0 Å². The van der Waals surface area contributed by atoms with Crippen molar-refractivity contribution in [1.82, 2.24) is 10.2 Å². The van der Waals surface area contributed by atoms with Crippen LogP contribution in [0.25, 0.3) is 0 Å². The van der Waals surface area contributed by atoms with E-state index in [1.807, 2.05) is 6.92 Å². The minimum Gasteiger partial charge on any atom is -0.465 e. The van der Waals surface area contributed by atoms with E-state index in [1.165, 1.54) is 32.4 Å². The van der Waals surface area contributed by atoms with Gasteiger partial charge in [0, 0.05) is 6.04 Å². The maximum absolute atomic E-state index is 12.4. The van der Waals surface area contributed by atoms with E-state index in [4.69, 9.17) is 4.74 Å². The Bertz CT molecular complexity index is 348. The van der Waals surface area contributed by atoms with Crippen LogP contribution in [-0.2, 0) is 9.53 Å². The van der Waals surface area contributed by atoms with Gasteiger partial charge in [-0.15, -0.1) is 0 Å². The smallest absolute Gasteiger partial charge is 0.326 e. The first-order valence-electron chi connectivity index (χ1n) is 8.77. The van der Waals surface area contributed by atoms with Crippen molar-refractivity contribution in [3.63, 3.8) is 0 Å². The number of ether oxygens (including phenoxy) is 1. The van der Waals surface area contributed by atoms with Crippen molar-refractivity contribution in [2.75, 3.05) is 26.2 Å². The van der Waals surface area contributed by atoms with Crippen molar-refractivity contribution in [2.24, 2.45) is 5.92 Å². The quantitative estimate of drug-likeness (QED) is 0.792. The van der Waals surface area contributed by atoms with E-state index in [-0.39, 0.29) is 5.97 Å². The van der Waals surface area contributed by atoms with Gasteiger partial charge in [0.25, 0.3) is 0 Å². The zero-order chi connectivity index (χ0) is 15.3. The van der Waals surface area contributed by atoms with Crippen LogP contribution in [0, 0.1) is 5.92 Å². The first-order valence-corrected chi connectivity index (χ1v) is 8.77. The van der Waals surface area contributed by atoms with Gasteiger partial charge in [-0.2, -0.15) is 0 Å². The Kier molecular flexibility index (Phi) is 6.06. The van der Waals surface area contributed by atoms with E-state index in [0.717, 1.165) is 31.7 Å². The second kappa shape index (κ2) is 7.59. The van der Waals surface area contributed by atoms with Gasteiger partial charge in [0.15, 0.2) is 0 Å². The summed E-state index contributed by atoms with van der Waals surface area (Å²) in [7, 11) is 0. The fourth-order valence-electron chi connectivity index (χ4n) is 4.01. The third-order valence-electron chi connectivity index (χ3n) is 5.24. The SMILES string of the molecule is CCNC1(C(=O)OCC)CCC(N2CCCC(C)CC2)C1. The molecule has 2 rings (SSSR count). The molecule has 3 atom stereocenters. The molecule has 122 valence electrons. The third kappa shape index (κ3) is 3.98. The van der Waals surface area contributed by atoms with Gasteiger partial charge in [0.2, 0.25) is 0 Å². The first-order chi connectivity index (χ1) is 10.1. The summed E-state index contributed by atoms with van der Waals surface area (Å²) in [4.78, 5) is 15.0. The van der Waals surface area contributed by atoms with Crippen LogP contribution >= 0.6 is 0 Å². The molecular formula is C17H32N2O2. The molecule has 4 heteroatoms. The lowest BCUT2D eigenvalue weighted by molar-refractivity contribution is -0.151. The topological polar surface area (TPSA) is 41.6 Å². The van der Waals surface area contributed by atoms with Gasteiger partial charge in [-0.05, 0) is 71.0 Å². The molecule has 0 radical (unpaired) electrons. The number of nitrogens with zero attached hydrogens (tertiary/aromatic N) is 1. The normalized spacial score (nSPS) is 34.6. The van der Waals surface area contributed by atoms with Crippen molar-refractivity contribution >= 4 is 5.97 Å². The Morgan fingerprint density at radius 3 is 2.81 bits per heavy atom. The summed E-state index contributed by atoms with van der Waals surface area (Å²) >= 11 is 0. The zero-order valence-corrected chi connectivity index (χ0v) is 14.0. The Morgan fingerprint density at radius 2 is 2.10 bits per heavy atom. The highest BCUT2D eigenvalue weighted by molar-refractivity contribution is 5.81. The summed E-state index contributed by atoms with van der Waals surface area (Å²) in [6, 6.07) is 0.541. The number of likely N-dealkylation sites (tertiary alicyclic amines) is 1. The lowest BCUT2D eigenvalue weighted by Gasteiger charge is -2.31. The molecule has 0 spiro atoms. The van der Waals surface area contributed by atoms with Gasteiger partial charge < -0.3 is 15.0 Å². The minimum atomic E-state index is -0.437. The monoisotopic (exact) mass is 296 g/mol. The molecule has 0 amide bonds. The lowest BCUT2D eigenvalue weighted by Crippen LogP contribution is -2.52. The van der Waals surface area contributed by atoms with Gasteiger partial charge in [-0.25, -0.2) is 0 Å². The molecule has 4 nitrogen and oxygen atoms in total. The summed E-state index contributed by atoms with van der Waals surface area (Å²) in [5, 5.41) is 3.43. The highest BCUT2D eigenvalue weighted by Gasteiger charge is 2.47. The molecule has 1 saturated heterocycles. The number of esters is 1. The van der Waals surface area contributed by atoms with Gasteiger partial charge in [0.1, 0.15) is 5.54 Å². The maximum Gasteiger partial charge on any atom is 0.326 e. The third-order valence-corrected chi connectivity index (χ3v) is 5.24. The minimum absolute atomic E-state index is 0.0439. The van der Waals surface area contributed by atoms with Gasteiger partial charge >= 0.3 is 5.97 Å². The molecule has 0 bridgehead atoms. The van der Waals surface area contributed by atoms with Crippen molar-refractivity contribution < 1.29 is 9.53 Å². The molecule has 1 heterocycles. The maximum atomic E-state index is 12.4. The summed E-state index contributed by atoms with van der Waals surface area (Å²) in [6.07, 6.45) is 6.87. The van der Waals surface area contributed by atoms with E-state index < -0.39 is 5.54 Å². The van der Waals surface area contributed by atoms with Gasteiger partial charge in [-0.3, -0.25) is 4.79 Å². The molecule has 1 saturated carbocycles. The first kappa shape index (κ1) is 16.8. The van der Waals surface area contributed by atoms with Crippen LogP contribution in [0.1, 0.15) is 59.3 Å². The Morgan fingerprint density at radius 1 is 1.29 bits per heavy atom. The number of hydrogen-bond donors (Lipinski definition) is 1.